The number of aromatic nitrogens is 4. The second kappa shape index (κ2) is 8.30. The molecule has 1 aromatic heterocycles. The van der Waals surface area contributed by atoms with Crippen LogP contribution < -0.4 is 10.9 Å². The molecule has 0 saturated heterocycles. The van der Waals surface area contributed by atoms with Gasteiger partial charge in [-0.15, -0.1) is 10.2 Å². The number of fused-ring (bicyclic) bond motifs is 1. The van der Waals surface area contributed by atoms with Crippen molar-refractivity contribution in [3.05, 3.63) is 78.4 Å². The third kappa shape index (κ3) is 4.44. The van der Waals surface area contributed by atoms with Gasteiger partial charge in [0.1, 0.15) is 6.54 Å². The maximum atomic E-state index is 12.2. The minimum absolute atomic E-state index is 0.154. The topological polar surface area (TPSA) is 102 Å². The van der Waals surface area contributed by atoms with E-state index in [2.05, 4.69) is 26.3 Å². The highest BCUT2D eigenvalue weighted by molar-refractivity contribution is 5.90. The SMILES string of the molecule is O=C(Cc1cccc2ccccc12)NNC(=O)Cn1nnc(-c2ccccc2)n1. The fraction of sp³-hybridized carbons (Fsp3) is 0.0952. The van der Waals surface area contributed by atoms with E-state index in [0.717, 1.165) is 21.9 Å². The Labute approximate surface area is 166 Å². The molecule has 0 aliphatic rings. The van der Waals surface area contributed by atoms with Crippen LogP contribution in [0.5, 0.6) is 0 Å². The number of tetrazole rings is 1. The molecule has 8 heteroatoms. The average molecular weight is 386 g/mol. The molecule has 3 aromatic carbocycles. The summed E-state index contributed by atoms with van der Waals surface area (Å²) in [6.07, 6.45) is 0.154. The standard InChI is InChI=1S/C21H18N6O2/c28-19(13-17-11-6-10-15-7-4-5-12-18(15)17)22-23-20(29)14-27-25-21(24-26-27)16-8-2-1-3-9-16/h1-12H,13-14H2,(H,22,28)(H,23,29). The first kappa shape index (κ1) is 18.3. The van der Waals surface area contributed by atoms with Crippen molar-refractivity contribution in [2.24, 2.45) is 0 Å². The summed E-state index contributed by atoms with van der Waals surface area (Å²) in [5, 5.41) is 14.0. The summed E-state index contributed by atoms with van der Waals surface area (Å²) >= 11 is 0. The number of hydrazine groups is 1. The van der Waals surface area contributed by atoms with Crippen molar-refractivity contribution in [1.29, 1.82) is 0 Å². The second-order valence-electron chi connectivity index (χ2n) is 6.42. The van der Waals surface area contributed by atoms with Gasteiger partial charge in [0.2, 0.25) is 11.7 Å². The summed E-state index contributed by atoms with van der Waals surface area (Å²) in [6, 6.07) is 23.0. The molecular formula is C21H18N6O2. The molecule has 4 rings (SSSR count). The first-order valence-corrected chi connectivity index (χ1v) is 9.06. The number of hydrogen-bond donors (Lipinski definition) is 2. The Bertz CT molecular complexity index is 1150. The van der Waals surface area contributed by atoms with E-state index in [1.807, 2.05) is 72.8 Å². The van der Waals surface area contributed by atoms with Gasteiger partial charge in [0.05, 0.1) is 6.42 Å². The molecule has 144 valence electrons. The highest BCUT2D eigenvalue weighted by atomic mass is 16.2. The van der Waals surface area contributed by atoms with Gasteiger partial charge in [-0.25, -0.2) is 0 Å². The lowest BCUT2D eigenvalue weighted by Crippen LogP contribution is -2.44. The van der Waals surface area contributed by atoms with E-state index in [1.54, 1.807) is 0 Å². The molecule has 0 atom stereocenters. The van der Waals surface area contributed by atoms with E-state index in [9.17, 15) is 9.59 Å². The minimum Gasteiger partial charge on any atom is -0.273 e. The summed E-state index contributed by atoms with van der Waals surface area (Å²) < 4.78 is 0. The first-order chi connectivity index (χ1) is 14.2. The Kier molecular flexibility index (Phi) is 5.24. The maximum absolute atomic E-state index is 12.2. The summed E-state index contributed by atoms with van der Waals surface area (Å²) in [5.74, 6) is -0.335. The summed E-state index contributed by atoms with van der Waals surface area (Å²) in [4.78, 5) is 25.5. The molecule has 0 unspecified atom stereocenters. The van der Waals surface area contributed by atoms with E-state index in [4.69, 9.17) is 0 Å². The summed E-state index contributed by atoms with van der Waals surface area (Å²) in [5.41, 5.74) is 6.50. The lowest BCUT2D eigenvalue weighted by molar-refractivity contribution is -0.129. The van der Waals surface area contributed by atoms with Crippen molar-refractivity contribution in [3.8, 4) is 11.4 Å². The fourth-order valence-electron chi connectivity index (χ4n) is 2.98. The van der Waals surface area contributed by atoms with E-state index in [-0.39, 0.29) is 18.9 Å². The normalized spacial score (nSPS) is 10.6. The van der Waals surface area contributed by atoms with Gasteiger partial charge in [0, 0.05) is 5.56 Å². The number of carbonyl (C=O) groups excluding carboxylic acids is 2. The monoisotopic (exact) mass is 386 g/mol. The molecule has 0 radical (unpaired) electrons. The second-order valence-corrected chi connectivity index (χ2v) is 6.42. The van der Waals surface area contributed by atoms with Gasteiger partial charge in [0.25, 0.3) is 5.91 Å². The van der Waals surface area contributed by atoms with Crippen LogP contribution in [-0.2, 0) is 22.6 Å². The van der Waals surface area contributed by atoms with Crippen molar-refractivity contribution >= 4 is 22.6 Å². The molecule has 0 fully saturated rings. The zero-order valence-electron chi connectivity index (χ0n) is 15.4. The Morgan fingerprint density at radius 1 is 0.828 bits per heavy atom. The van der Waals surface area contributed by atoms with Crippen LogP contribution >= 0.6 is 0 Å². The van der Waals surface area contributed by atoms with Crippen molar-refractivity contribution in [2.45, 2.75) is 13.0 Å². The fourth-order valence-corrected chi connectivity index (χ4v) is 2.98. The van der Waals surface area contributed by atoms with Gasteiger partial charge in [0.15, 0.2) is 0 Å². The van der Waals surface area contributed by atoms with Crippen LogP contribution in [0.4, 0.5) is 0 Å². The van der Waals surface area contributed by atoms with Crippen LogP contribution in [0.25, 0.3) is 22.2 Å². The van der Waals surface area contributed by atoms with Gasteiger partial charge in [-0.1, -0.05) is 72.8 Å². The van der Waals surface area contributed by atoms with Crippen LogP contribution in [0.2, 0.25) is 0 Å². The van der Waals surface area contributed by atoms with Crippen LogP contribution in [0.3, 0.4) is 0 Å². The van der Waals surface area contributed by atoms with E-state index in [1.165, 1.54) is 4.80 Å². The van der Waals surface area contributed by atoms with E-state index >= 15 is 0 Å². The molecule has 4 aromatic rings. The first-order valence-electron chi connectivity index (χ1n) is 9.06. The molecule has 1 heterocycles. The Hall–Kier alpha value is -4.07. The predicted octanol–water partition coefficient (Wildman–Crippen LogP) is 1.88. The molecule has 0 spiro atoms. The molecule has 0 bridgehead atoms. The number of rotatable bonds is 5. The highest BCUT2D eigenvalue weighted by Crippen LogP contribution is 2.18. The van der Waals surface area contributed by atoms with Crippen molar-refractivity contribution in [1.82, 2.24) is 31.1 Å². The molecule has 0 aliphatic carbocycles. The lowest BCUT2D eigenvalue weighted by atomic mass is 10.0. The maximum Gasteiger partial charge on any atom is 0.262 e. The van der Waals surface area contributed by atoms with E-state index in [0.29, 0.717) is 5.82 Å². The largest absolute Gasteiger partial charge is 0.273 e. The smallest absolute Gasteiger partial charge is 0.262 e. The molecule has 0 saturated carbocycles. The third-order valence-electron chi connectivity index (χ3n) is 4.34. The molecule has 29 heavy (non-hydrogen) atoms. The summed E-state index contributed by atoms with van der Waals surface area (Å²) in [6.45, 7) is -0.158. The number of nitrogens with zero attached hydrogens (tertiary/aromatic N) is 4. The molecule has 2 N–H and O–H groups in total. The third-order valence-corrected chi connectivity index (χ3v) is 4.34. The van der Waals surface area contributed by atoms with Crippen molar-refractivity contribution in [2.75, 3.05) is 0 Å². The molecule has 2 amide bonds. The lowest BCUT2D eigenvalue weighted by Gasteiger charge is -2.09. The number of carbonyl (C=O) groups is 2. The van der Waals surface area contributed by atoms with Gasteiger partial charge in [-0.05, 0) is 21.5 Å². The Morgan fingerprint density at radius 2 is 1.55 bits per heavy atom. The predicted molar refractivity (Wildman–Crippen MR) is 107 cm³/mol. The Balaban J connectivity index is 1.31. The van der Waals surface area contributed by atoms with Crippen LogP contribution in [0, 0.1) is 0 Å². The van der Waals surface area contributed by atoms with Crippen molar-refractivity contribution in [3.63, 3.8) is 0 Å². The molecule has 0 aliphatic heterocycles. The number of nitrogens with one attached hydrogen (secondary N) is 2. The van der Waals surface area contributed by atoms with Gasteiger partial charge < -0.3 is 0 Å². The average Bonchev–Trinajstić information content (AvgIpc) is 3.22. The van der Waals surface area contributed by atoms with Crippen LogP contribution in [0.1, 0.15) is 5.56 Å². The van der Waals surface area contributed by atoms with Gasteiger partial charge in [-0.3, -0.25) is 20.4 Å². The van der Waals surface area contributed by atoms with Crippen LogP contribution in [0.15, 0.2) is 72.8 Å². The van der Waals surface area contributed by atoms with E-state index < -0.39 is 5.91 Å². The molecule has 8 nitrogen and oxygen atoms in total. The summed E-state index contributed by atoms with van der Waals surface area (Å²) in [7, 11) is 0. The van der Waals surface area contributed by atoms with Crippen molar-refractivity contribution < 1.29 is 9.59 Å². The number of amides is 2. The quantitative estimate of drug-likeness (QED) is 0.510. The number of hydrogen-bond acceptors (Lipinski definition) is 5. The zero-order chi connectivity index (χ0) is 20.1. The number of benzene rings is 3. The highest BCUT2D eigenvalue weighted by Gasteiger charge is 2.11. The van der Waals surface area contributed by atoms with Crippen LogP contribution in [-0.4, -0.2) is 32.0 Å². The Morgan fingerprint density at radius 3 is 2.41 bits per heavy atom. The van der Waals surface area contributed by atoms with Gasteiger partial charge in [-0.2, -0.15) is 4.80 Å². The van der Waals surface area contributed by atoms with Gasteiger partial charge >= 0.3 is 0 Å². The zero-order valence-corrected chi connectivity index (χ0v) is 15.4. The minimum atomic E-state index is -0.451. The molecular weight excluding hydrogens is 368 g/mol.